The summed E-state index contributed by atoms with van der Waals surface area (Å²) in [7, 11) is 0. The highest BCUT2D eigenvalue weighted by Gasteiger charge is 1.91. The first-order chi connectivity index (χ1) is 9.55. The quantitative estimate of drug-likeness (QED) is 0.575. The molecule has 0 radical (unpaired) electrons. The van der Waals surface area contributed by atoms with Gasteiger partial charge in [-0.25, -0.2) is 4.99 Å². The van der Waals surface area contributed by atoms with Gasteiger partial charge >= 0.3 is 0 Å². The zero-order valence-electron chi connectivity index (χ0n) is 14.3. The summed E-state index contributed by atoms with van der Waals surface area (Å²) < 4.78 is 46.4. The van der Waals surface area contributed by atoms with Crippen molar-refractivity contribution in [1.82, 2.24) is 0 Å². The molecule has 4 nitrogen and oxygen atoms in total. The van der Waals surface area contributed by atoms with E-state index in [1.165, 1.54) is 6.92 Å². The van der Waals surface area contributed by atoms with Crippen LogP contribution >= 0.6 is 0 Å². The minimum Gasteiger partial charge on any atom is -0.387 e. The molecule has 0 amide bonds. The third-order valence-electron chi connectivity index (χ3n) is 1.30. The van der Waals surface area contributed by atoms with E-state index >= 15 is 0 Å². The van der Waals surface area contributed by atoms with Crippen LogP contribution < -0.4 is 11.5 Å². The maximum absolute atomic E-state index is 7.94. The second-order valence-corrected chi connectivity index (χ2v) is 2.63. The van der Waals surface area contributed by atoms with Gasteiger partial charge in [-0.1, -0.05) is 30.3 Å². The van der Waals surface area contributed by atoms with Gasteiger partial charge in [0.2, 0.25) is 5.96 Å². The average Bonchev–Trinajstić information content (AvgIpc) is 2.24. The maximum Gasteiger partial charge on any atom is 0.216 e. The van der Waals surface area contributed by atoms with Gasteiger partial charge in [-0.15, -0.1) is 0 Å². The molecule has 15 heavy (non-hydrogen) atoms. The minimum atomic E-state index is -2.43. The molecule has 0 saturated heterocycles. The van der Waals surface area contributed by atoms with Crippen molar-refractivity contribution in [3.8, 4) is 0 Å². The lowest BCUT2D eigenvalue weighted by Crippen LogP contribution is -2.16. The summed E-state index contributed by atoms with van der Waals surface area (Å²) in [5.74, 6) is -0.237. The van der Waals surface area contributed by atoms with Crippen molar-refractivity contribution in [2.45, 2.75) is 13.3 Å². The summed E-state index contributed by atoms with van der Waals surface area (Å²) in [6.45, 7) is -0.252. The Kier molecular flexibility index (Phi) is 2.05. The Morgan fingerprint density at radius 3 is 2.73 bits per heavy atom. The Morgan fingerprint density at radius 1 is 1.47 bits per heavy atom. The lowest BCUT2D eigenvalue weighted by Gasteiger charge is -1.97. The summed E-state index contributed by atoms with van der Waals surface area (Å²) in [6, 6.07) is 1.47. The topological polar surface area (TPSA) is 76.8 Å². The number of nitrogens with two attached hydrogens (primary N) is 2. The fraction of sp³-hybridized carbons (Fsp3) is 0.273. The van der Waals surface area contributed by atoms with Crippen LogP contribution in [0.3, 0.4) is 0 Å². The van der Waals surface area contributed by atoms with E-state index in [4.69, 9.17) is 19.7 Å². The molecule has 0 aliphatic carbocycles. The van der Waals surface area contributed by atoms with Gasteiger partial charge in [-0.2, -0.15) is 0 Å². The number of hydrogen-bond donors (Lipinski definition) is 2. The van der Waals surface area contributed by atoms with Gasteiger partial charge in [0.05, 0.1) is 11.3 Å². The van der Waals surface area contributed by atoms with Gasteiger partial charge in [-0.05, 0) is 18.9 Å². The van der Waals surface area contributed by atoms with E-state index in [0.29, 0.717) is 0 Å². The van der Waals surface area contributed by atoms with E-state index in [1.807, 2.05) is 0 Å². The third-order valence-corrected chi connectivity index (χ3v) is 1.30. The molecule has 0 aromatic heterocycles. The predicted molar refractivity (Wildman–Crippen MR) is 63.9 cm³/mol. The van der Waals surface area contributed by atoms with Gasteiger partial charge in [0.15, 0.2) is 0 Å². The molecule has 0 aliphatic heterocycles. The van der Waals surface area contributed by atoms with E-state index in [1.54, 1.807) is 0 Å². The van der Waals surface area contributed by atoms with Gasteiger partial charge < -0.3 is 11.5 Å². The fourth-order valence-electron chi connectivity index (χ4n) is 0.767. The molecular weight excluding hydrogens is 188 g/mol. The fourth-order valence-corrected chi connectivity index (χ4v) is 0.767. The first-order valence-electron chi connectivity index (χ1n) is 7.28. The lowest BCUT2D eigenvalue weighted by molar-refractivity contribution is 0.962. The Balaban J connectivity index is 3.25. The highest BCUT2D eigenvalue weighted by atomic mass is 15.1. The Hall–Kier alpha value is -1.84. The standard InChI is InChI=1S/C11H16N4/c1-9(12)15-11(13)14-8-7-10-5-3-2-4-6-10/h2-6H,7-8H2,1H3,(H4,12,13,14,15)/i2D,5D,6D,7D2,8D. The summed E-state index contributed by atoms with van der Waals surface area (Å²) in [5, 5.41) is 0. The zero-order chi connectivity index (χ0) is 16.4. The molecule has 1 atom stereocenters. The molecule has 80 valence electrons. The third kappa shape index (κ3) is 4.81. The van der Waals surface area contributed by atoms with Crippen LogP contribution in [0, 0.1) is 0 Å². The molecule has 0 aliphatic rings. The smallest absolute Gasteiger partial charge is 0.216 e. The molecule has 1 rings (SSSR count). The zero-order valence-corrected chi connectivity index (χ0v) is 8.28. The van der Waals surface area contributed by atoms with Crippen LogP contribution in [0.2, 0.25) is 0 Å². The second-order valence-electron chi connectivity index (χ2n) is 2.63. The van der Waals surface area contributed by atoms with Crippen LogP contribution in [-0.4, -0.2) is 18.3 Å². The average molecular weight is 210 g/mol. The van der Waals surface area contributed by atoms with Crippen molar-refractivity contribution in [3.05, 3.63) is 35.8 Å². The number of hydrogen-bond acceptors (Lipinski definition) is 1. The summed E-state index contributed by atoms with van der Waals surface area (Å²) >= 11 is 0. The molecule has 1 aromatic rings. The van der Waals surface area contributed by atoms with Gasteiger partial charge in [0.1, 0.15) is 0 Å². The first-order valence-corrected chi connectivity index (χ1v) is 4.20. The van der Waals surface area contributed by atoms with Crippen molar-refractivity contribution >= 4 is 11.8 Å². The molecule has 0 heterocycles. The van der Waals surface area contributed by atoms with Crippen molar-refractivity contribution in [2.24, 2.45) is 21.5 Å². The Bertz CT molecular complexity index is 571. The lowest BCUT2D eigenvalue weighted by atomic mass is 10.2. The molecule has 0 bridgehead atoms. The van der Waals surface area contributed by atoms with Crippen LogP contribution in [0.5, 0.6) is 0 Å². The normalized spacial score (nSPS) is 21.7. The molecule has 0 saturated carbocycles. The van der Waals surface area contributed by atoms with E-state index in [-0.39, 0.29) is 35.5 Å². The number of nitrogens with zero attached hydrogens (tertiary/aromatic N) is 2. The number of aliphatic imine (C=N–C) groups is 2. The number of guanidine groups is 1. The summed E-state index contributed by atoms with van der Waals surface area (Å²) in [4.78, 5) is 7.17. The highest BCUT2D eigenvalue weighted by Crippen LogP contribution is 1.99. The van der Waals surface area contributed by atoms with Crippen molar-refractivity contribution in [1.29, 1.82) is 0 Å². The Labute approximate surface area is 98.2 Å². The molecule has 4 N–H and O–H groups in total. The molecule has 4 heteroatoms. The van der Waals surface area contributed by atoms with Crippen LogP contribution in [0.15, 0.2) is 40.2 Å². The number of amidine groups is 1. The maximum atomic E-state index is 7.94. The van der Waals surface area contributed by atoms with Crippen LogP contribution in [0.4, 0.5) is 0 Å². The molecule has 0 spiro atoms. The van der Waals surface area contributed by atoms with Gasteiger partial charge in [-0.3, -0.25) is 4.99 Å². The molecule has 1 unspecified atom stereocenters. The van der Waals surface area contributed by atoms with E-state index in [0.717, 1.165) is 12.1 Å². The highest BCUT2D eigenvalue weighted by molar-refractivity contribution is 5.93. The number of rotatable bonds is 3. The Morgan fingerprint density at radius 2 is 2.13 bits per heavy atom. The van der Waals surface area contributed by atoms with Gasteiger partial charge in [0.25, 0.3) is 0 Å². The van der Waals surface area contributed by atoms with E-state index < -0.39 is 12.9 Å². The second kappa shape index (κ2) is 5.80. The molecule has 1 aromatic carbocycles. The first kappa shape index (κ1) is 5.30. The summed E-state index contributed by atoms with van der Waals surface area (Å²) in [6.07, 6.45) is -2.43. The van der Waals surface area contributed by atoms with E-state index in [2.05, 4.69) is 9.98 Å². The van der Waals surface area contributed by atoms with Crippen molar-refractivity contribution < 1.29 is 8.22 Å². The van der Waals surface area contributed by atoms with Crippen molar-refractivity contribution in [2.75, 3.05) is 6.52 Å². The largest absolute Gasteiger partial charge is 0.387 e. The molecular formula is C11H16N4. The summed E-state index contributed by atoms with van der Waals surface area (Å²) in [5.41, 5.74) is 10.4. The monoisotopic (exact) mass is 210 g/mol. The van der Waals surface area contributed by atoms with Crippen LogP contribution in [0.1, 0.15) is 20.7 Å². The predicted octanol–water partition coefficient (Wildman–Crippen LogP) is 0.921. The molecule has 0 fully saturated rings. The minimum absolute atomic E-state index is 0.0718. The van der Waals surface area contributed by atoms with Crippen LogP contribution in [-0.2, 0) is 6.37 Å². The SMILES string of the molecule is [2H]c1cc([2H])c(C([2H])([2H])C([2H])N=C(N)N=C(C)N)c([2H])c1. The van der Waals surface area contributed by atoms with Crippen LogP contribution in [0.25, 0.3) is 0 Å². The van der Waals surface area contributed by atoms with Gasteiger partial charge in [0, 0.05) is 9.26 Å². The number of benzene rings is 1. The van der Waals surface area contributed by atoms with E-state index in [9.17, 15) is 0 Å². The van der Waals surface area contributed by atoms with Crippen molar-refractivity contribution in [3.63, 3.8) is 0 Å².